The van der Waals surface area contributed by atoms with E-state index in [0.29, 0.717) is 35.6 Å². The number of carbonyl (C=O) groups excluding carboxylic acids is 1. The van der Waals surface area contributed by atoms with Crippen molar-refractivity contribution in [2.45, 2.75) is 43.9 Å². The first-order valence-electron chi connectivity index (χ1n) is 9.87. The zero-order valence-corrected chi connectivity index (χ0v) is 17.9. The summed E-state index contributed by atoms with van der Waals surface area (Å²) in [7, 11) is -3.34. The maximum Gasteiger partial charge on any atom is 0.319 e. The fourth-order valence-corrected chi connectivity index (χ4v) is 5.35. The van der Waals surface area contributed by atoms with E-state index < -0.39 is 20.6 Å². The average molecular weight is 434 g/mol. The smallest absolute Gasteiger partial charge is 0.319 e. The van der Waals surface area contributed by atoms with Gasteiger partial charge in [0, 0.05) is 23.1 Å². The average Bonchev–Trinajstić information content (AvgIpc) is 2.66. The molecule has 5 N–H and O–H groups in total. The molecule has 0 aliphatic heterocycles. The molecule has 2 amide bonds. The van der Waals surface area contributed by atoms with Crippen LogP contribution in [0.15, 0.2) is 30.3 Å². The molecular weight excluding hydrogens is 406 g/mol. The first-order valence-corrected chi connectivity index (χ1v) is 11.5. The summed E-state index contributed by atoms with van der Waals surface area (Å²) in [5.41, 5.74) is 7.63. The van der Waals surface area contributed by atoms with Gasteiger partial charge in [0.2, 0.25) is 0 Å². The molecular formula is C20H27N5O4S. The van der Waals surface area contributed by atoms with Crippen molar-refractivity contribution >= 4 is 27.4 Å². The molecule has 2 aromatic rings. The predicted molar refractivity (Wildman–Crippen MR) is 116 cm³/mol. The van der Waals surface area contributed by atoms with Gasteiger partial charge < -0.3 is 21.5 Å². The van der Waals surface area contributed by atoms with E-state index in [1.807, 2.05) is 0 Å². The number of aromatic nitrogens is 2. The number of anilines is 2. The summed E-state index contributed by atoms with van der Waals surface area (Å²) in [5.74, 6) is 0.600. The first kappa shape index (κ1) is 22.0. The van der Waals surface area contributed by atoms with E-state index in [1.165, 1.54) is 0 Å². The van der Waals surface area contributed by atoms with Gasteiger partial charge in [0.05, 0.1) is 18.3 Å². The highest BCUT2D eigenvalue weighted by Crippen LogP contribution is 2.48. The highest BCUT2D eigenvalue weighted by atomic mass is 32.2. The minimum Gasteiger partial charge on any atom is -0.394 e. The van der Waals surface area contributed by atoms with E-state index in [1.54, 1.807) is 44.2 Å². The standard InChI is InChI=1S/C20H27N5O4S/c1-3-30(28,29)20(9-4-10-20)16-11-17(21)25-18(24-16)14-5-7-15(8-6-14)23-19(27)22-13(2)12-26/h5-8,11,13,26H,3-4,9-10,12H2,1-2H3,(H2,21,24,25)(H2,22,23,27)/t13-/m1/s1. The third-order valence-electron chi connectivity index (χ3n) is 5.40. The van der Waals surface area contributed by atoms with Gasteiger partial charge in [-0.05, 0) is 50.5 Å². The molecule has 0 spiro atoms. The third kappa shape index (κ3) is 4.24. The van der Waals surface area contributed by atoms with Crippen LogP contribution in [0.5, 0.6) is 0 Å². The number of urea groups is 1. The van der Waals surface area contributed by atoms with Crippen LogP contribution in [0.2, 0.25) is 0 Å². The van der Waals surface area contributed by atoms with Crippen molar-refractivity contribution < 1.29 is 18.3 Å². The number of aliphatic hydroxyl groups excluding tert-OH is 1. The van der Waals surface area contributed by atoms with Crippen molar-refractivity contribution in [2.75, 3.05) is 23.4 Å². The van der Waals surface area contributed by atoms with E-state index in [0.717, 1.165) is 6.42 Å². The van der Waals surface area contributed by atoms with E-state index >= 15 is 0 Å². The Balaban J connectivity index is 1.86. The van der Waals surface area contributed by atoms with Gasteiger partial charge in [-0.3, -0.25) is 0 Å². The molecule has 1 saturated carbocycles. The topological polar surface area (TPSA) is 147 Å². The van der Waals surface area contributed by atoms with Crippen LogP contribution < -0.4 is 16.4 Å². The molecule has 0 unspecified atom stereocenters. The summed E-state index contributed by atoms with van der Waals surface area (Å²) < 4.78 is 24.5. The SMILES string of the molecule is CCS(=O)(=O)C1(c2cc(N)nc(-c3ccc(NC(=O)N[C@H](C)CO)cc3)n2)CCC1. The molecule has 1 aliphatic carbocycles. The molecule has 1 atom stereocenters. The lowest BCUT2D eigenvalue weighted by Crippen LogP contribution is -2.44. The number of hydrogen-bond acceptors (Lipinski definition) is 7. The van der Waals surface area contributed by atoms with Gasteiger partial charge in [0.15, 0.2) is 15.7 Å². The maximum absolute atomic E-state index is 12.7. The second-order valence-electron chi connectivity index (χ2n) is 7.51. The number of nitrogens with zero attached hydrogens (tertiary/aromatic N) is 2. The van der Waals surface area contributed by atoms with Crippen molar-refractivity contribution in [3.63, 3.8) is 0 Å². The number of nitrogens with two attached hydrogens (primary N) is 1. The van der Waals surface area contributed by atoms with Gasteiger partial charge in [-0.15, -0.1) is 0 Å². The second-order valence-corrected chi connectivity index (χ2v) is 10.1. The summed E-state index contributed by atoms with van der Waals surface area (Å²) in [6.07, 6.45) is 1.89. The summed E-state index contributed by atoms with van der Waals surface area (Å²) in [5, 5.41) is 14.3. The van der Waals surface area contributed by atoms with Crippen LogP contribution >= 0.6 is 0 Å². The quantitative estimate of drug-likeness (QED) is 0.522. The zero-order chi connectivity index (χ0) is 21.9. The molecule has 0 saturated heterocycles. The van der Waals surface area contributed by atoms with Crippen molar-refractivity contribution in [3.05, 3.63) is 36.0 Å². The highest BCUT2D eigenvalue weighted by molar-refractivity contribution is 7.92. The summed E-state index contributed by atoms with van der Waals surface area (Å²) >= 11 is 0. The van der Waals surface area contributed by atoms with Gasteiger partial charge in [0.25, 0.3) is 0 Å². The normalized spacial score (nSPS) is 16.4. The van der Waals surface area contributed by atoms with E-state index in [4.69, 9.17) is 10.8 Å². The van der Waals surface area contributed by atoms with Gasteiger partial charge in [-0.1, -0.05) is 6.92 Å². The summed E-state index contributed by atoms with van der Waals surface area (Å²) in [4.78, 5) is 20.7. The third-order valence-corrected chi connectivity index (χ3v) is 7.97. The van der Waals surface area contributed by atoms with E-state index in [-0.39, 0.29) is 24.2 Å². The lowest BCUT2D eigenvalue weighted by Gasteiger charge is -2.40. The minimum atomic E-state index is -3.34. The lowest BCUT2D eigenvalue weighted by molar-refractivity contribution is 0.229. The Bertz CT molecular complexity index is 1020. The molecule has 10 heteroatoms. The molecule has 1 aromatic heterocycles. The molecule has 30 heavy (non-hydrogen) atoms. The molecule has 9 nitrogen and oxygen atoms in total. The number of sulfone groups is 1. The Morgan fingerprint density at radius 1 is 1.27 bits per heavy atom. The Labute approximate surface area is 176 Å². The van der Waals surface area contributed by atoms with E-state index in [2.05, 4.69) is 20.6 Å². The molecule has 162 valence electrons. The molecule has 1 aliphatic rings. The lowest BCUT2D eigenvalue weighted by atomic mass is 9.81. The fourth-order valence-electron chi connectivity index (χ4n) is 3.47. The number of aliphatic hydroxyl groups is 1. The molecule has 0 bridgehead atoms. The van der Waals surface area contributed by atoms with Crippen LogP contribution in [0.25, 0.3) is 11.4 Å². The zero-order valence-electron chi connectivity index (χ0n) is 17.1. The number of amides is 2. The molecule has 1 heterocycles. The number of nitrogen functional groups attached to an aromatic ring is 1. The Morgan fingerprint density at radius 2 is 1.93 bits per heavy atom. The number of carbonyl (C=O) groups is 1. The fraction of sp³-hybridized carbons (Fsp3) is 0.450. The van der Waals surface area contributed by atoms with Crippen LogP contribution in [0.4, 0.5) is 16.3 Å². The van der Waals surface area contributed by atoms with Crippen LogP contribution in [-0.2, 0) is 14.6 Å². The largest absolute Gasteiger partial charge is 0.394 e. The van der Waals surface area contributed by atoms with Gasteiger partial charge in [0.1, 0.15) is 10.6 Å². The number of nitrogens with one attached hydrogen (secondary N) is 2. The minimum absolute atomic E-state index is 0.0452. The van der Waals surface area contributed by atoms with Crippen molar-refractivity contribution in [1.82, 2.24) is 15.3 Å². The van der Waals surface area contributed by atoms with Crippen LogP contribution in [0.1, 0.15) is 38.8 Å². The molecule has 0 radical (unpaired) electrons. The van der Waals surface area contributed by atoms with Gasteiger partial charge in [-0.2, -0.15) is 0 Å². The van der Waals surface area contributed by atoms with Gasteiger partial charge >= 0.3 is 6.03 Å². The maximum atomic E-state index is 12.7. The summed E-state index contributed by atoms with van der Waals surface area (Å²) in [6, 6.07) is 7.60. The molecule has 1 aromatic carbocycles. The first-order chi connectivity index (χ1) is 14.2. The van der Waals surface area contributed by atoms with Crippen molar-refractivity contribution in [2.24, 2.45) is 0 Å². The van der Waals surface area contributed by atoms with Crippen LogP contribution in [0.3, 0.4) is 0 Å². The Hall–Kier alpha value is -2.72. The van der Waals surface area contributed by atoms with Gasteiger partial charge in [-0.25, -0.2) is 23.2 Å². The van der Waals surface area contributed by atoms with Crippen molar-refractivity contribution in [3.8, 4) is 11.4 Å². The Kier molecular flexibility index (Phi) is 6.27. The predicted octanol–water partition coefficient (Wildman–Crippen LogP) is 2.04. The second kappa shape index (κ2) is 8.57. The molecule has 1 fully saturated rings. The summed E-state index contributed by atoms with van der Waals surface area (Å²) in [6.45, 7) is 3.17. The number of benzene rings is 1. The van der Waals surface area contributed by atoms with Crippen LogP contribution in [-0.4, -0.2) is 47.9 Å². The number of hydrogen-bond donors (Lipinski definition) is 4. The van der Waals surface area contributed by atoms with Crippen molar-refractivity contribution in [1.29, 1.82) is 0 Å². The Morgan fingerprint density at radius 3 is 2.47 bits per heavy atom. The van der Waals surface area contributed by atoms with E-state index in [9.17, 15) is 13.2 Å². The van der Waals surface area contributed by atoms with Crippen LogP contribution in [0, 0.1) is 0 Å². The highest BCUT2D eigenvalue weighted by Gasteiger charge is 2.50. The monoisotopic (exact) mass is 433 g/mol. The number of rotatable bonds is 7. The molecule has 3 rings (SSSR count).